The monoisotopic (exact) mass is 523 g/mol. The van der Waals surface area contributed by atoms with E-state index < -0.39 is 35.6 Å². The summed E-state index contributed by atoms with van der Waals surface area (Å²) in [6, 6.07) is 11.7. The van der Waals surface area contributed by atoms with E-state index in [2.05, 4.69) is 29.2 Å². The standard InChI is InChI=1S/C28H33N3O5S/c1-6-18-9-7-8-10-22(18)24(25(32)29-19-11-15-21(35-5)16-12-19)31(20-13-14-20)26(33)23(17-37)30-27(34)36-28(2,3)4/h1,7-12,15-16,20,23-24,37H,13-14,17H2,2-5H3,(H,29,32)(H,30,34). The zero-order chi connectivity index (χ0) is 27.2. The molecule has 2 atom stereocenters. The molecular weight excluding hydrogens is 490 g/mol. The highest BCUT2D eigenvalue weighted by atomic mass is 32.1. The summed E-state index contributed by atoms with van der Waals surface area (Å²) in [6.45, 7) is 5.20. The number of amides is 3. The highest BCUT2D eigenvalue weighted by Crippen LogP contribution is 2.37. The maximum absolute atomic E-state index is 13.9. The van der Waals surface area contributed by atoms with Crippen LogP contribution in [0.5, 0.6) is 5.75 Å². The maximum atomic E-state index is 13.9. The van der Waals surface area contributed by atoms with E-state index in [4.69, 9.17) is 15.9 Å². The minimum Gasteiger partial charge on any atom is -0.497 e. The van der Waals surface area contributed by atoms with Crippen molar-refractivity contribution in [3.8, 4) is 18.1 Å². The molecule has 2 aromatic rings. The fourth-order valence-corrected chi connectivity index (χ4v) is 4.10. The highest BCUT2D eigenvalue weighted by Gasteiger charge is 2.44. The summed E-state index contributed by atoms with van der Waals surface area (Å²) >= 11 is 4.31. The quantitative estimate of drug-likeness (QED) is 0.339. The zero-order valence-electron chi connectivity index (χ0n) is 21.5. The van der Waals surface area contributed by atoms with Gasteiger partial charge < -0.3 is 25.0 Å². The predicted molar refractivity (Wildman–Crippen MR) is 146 cm³/mol. The number of terminal acetylenes is 1. The Morgan fingerprint density at radius 1 is 1.14 bits per heavy atom. The molecule has 9 heteroatoms. The number of ether oxygens (including phenoxy) is 2. The second kappa shape index (κ2) is 12.1. The molecular formula is C28H33N3O5S. The number of alkyl carbamates (subject to hydrolysis) is 1. The van der Waals surface area contributed by atoms with E-state index in [0.29, 0.717) is 22.6 Å². The molecule has 1 aliphatic rings. The molecule has 2 aromatic carbocycles. The van der Waals surface area contributed by atoms with Crippen LogP contribution >= 0.6 is 12.6 Å². The number of nitrogens with one attached hydrogen (secondary N) is 2. The van der Waals surface area contributed by atoms with Gasteiger partial charge in [-0.05, 0) is 69.5 Å². The summed E-state index contributed by atoms with van der Waals surface area (Å²) in [6.07, 6.45) is 6.48. The zero-order valence-corrected chi connectivity index (χ0v) is 22.4. The fraction of sp³-hybridized carbons (Fsp3) is 0.393. The summed E-state index contributed by atoms with van der Waals surface area (Å²) in [5.41, 5.74) is 0.816. The Bertz CT molecular complexity index is 1170. The van der Waals surface area contributed by atoms with Crippen molar-refractivity contribution in [2.75, 3.05) is 18.2 Å². The molecule has 8 nitrogen and oxygen atoms in total. The van der Waals surface area contributed by atoms with Gasteiger partial charge in [-0.15, -0.1) is 6.42 Å². The topological polar surface area (TPSA) is 97.0 Å². The molecule has 3 rings (SSSR count). The molecule has 0 aromatic heterocycles. The third kappa shape index (κ3) is 7.43. The third-order valence-corrected chi connectivity index (χ3v) is 6.03. The average molecular weight is 524 g/mol. The van der Waals surface area contributed by atoms with E-state index in [1.54, 1.807) is 76.4 Å². The molecule has 2 unspecified atom stereocenters. The van der Waals surface area contributed by atoms with Crippen molar-refractivity contribution in [1.82, 2.24) is 10.2 Å². The Balaban J connectivity index is 1.98. The Labute approximate surface area is 223 Å². The van der Waals surface area contributed by atoms with Crippen LogP contribution in [0.15, 0.2) is 48.5 Å². The van der Waals surface area contributed by atoms with Gasteiger partial charge in [0.05, 0.1) is 7.11 Å². The van der Waals surface area contributed by atoms with Gasteiger partial charge in [-0.2, -0.15) is 12.6 Å². The third-order valence-electron chi connectivity index (χ3n) is 5.66. The van der Waals surface area contributed by atoms with Crippen LogP contribution in [0.1, 0.15) is 50.8 Å². The lowest BCUT2D eigenvalue weighted by Crippen LogP contribution is -2.54. The minimum absolute atomic E-state index is 0.0188. The Morgan fingerprint density at radius 3 is 2.32 bits per heavy atom. The SMILES string of the molecule is C#Cc1ccccc1C(C(=O)Nc1ccc(OC)cc1)N(C(=O)C(CS)NC(=O)OC(C)(C)C)C1CC1. The van der Waals surface area contributed by atoms with E-state index >= 15 is 0 Å². The van der Waals surface area contributed by atoms with Crippen LogP contribution in [0.2, 0.25) is 0 Å². The number of rotatable bonds is 9. The second-order valence-electron chi connectivity index (χ2n) is 9.71. The van der Waals surface area contributed by atoms with Crippen molar-refractivity contribution in [3.63, 3.8) is 0 Å². The molecule has 0 saturated heterocycles. The molecule has 1 fully saturated rings. The molecule has 2 N–H and O–H groups in total. The van der Waals surface area contributed by atoms with E-state index in [9.17, 15) is 14.4 Å². The van der Waals surface area contributed by atoms with Gasteiger partial charge >= 0.3 is 6.09 Å². The Hall–Kier alpha value is -3.64. The van der Waals surface area contributed by atoms with Crippen molar-refractivity contribution in [3.05, 3.63) is 59.7 Å². The van der Waals surface area contributed by atoms with Gasteiger partial charge in [-0.1, -0.05) is 24.1 Å². The largest absolute Gasteiger partial charge is 0.497 e. The average Bonchev–Trinajstić information content (AvgIpc) is 3.70. The van der Waals surface area contributed by atoms with Gasteiger partial charge in [0.2, 0.25) is 5.91 Å². The molecule has 1 aliphatic carbocycles. The molecule has 0 heterocycles. The van der Waals surface area contributed by atoms with Crippen molar-refractivity contribution < 1.29 is 23.9 Å². The van der Waals surface area contributed by atoms with Crippen molar-refractivity contribution in [2.24, 2.45) is 0 Å². The highest BCUT2D eigenvalue weighted by molar-refractivity contribution is 7.80. The van der Waals surface area contributed by atoms with Crippen molar-refractivity contribution in [1.29, 1.82) is 0 Å². The van der Waals surface area contributed by atoms with E-state index in [1.165, 1.54) is 4.90 Å². The van der Waals surface area contributed by atoms with Gasteiger partial charge in [0.1, 0.15) is 23.4 Å². The summed E-state index contributed by atoms with van der Waals surface area (Å²) in [7, 11) is 1.56. The number of hydrogen-bond acceptors (Lipinski definition) is 6. The Morgan fingerprint density at radius 2 is 1.78 bits per heavy atom. The minimum atomic E-state index is -1.03. The van der Waals surface area contributed by atoms with Crippen LogP contribution in [0.25, 0.3) is 0 Å². The van der Waals surface area contributed by atoms with Gasteiger partial charge in [0, 0.05) is 23.0 Å². The van der Waals surface area contributed by atoms with Crippen molar-refractivity contribution in [2.45, 2.75) is 57.3 Å². The van der Waals surface area contributed by atoms with E-state index in [-0.39, 0.29) is 11.8 Å². The molecule has 196 valence electrons. The number of methoxy groups -OCH3 is 1. The van der Waals surface area contributed by atoms with Gasteiger partial charge in [-0.25, -0.2) is 4.79 Å². The van der Waals surface area contributed by atoms with Gasteiger partial charge in [-0.3, -0.25) is 9.59 Å². The van der Waals surface area contributed by atoms with Crippen LogP contribution in [-0.2, 0) is 14.3 Å². The van der Waals surface area contributed by atoms with Gasteiger partial charge in [0.25, 0.3) is 5.91 Å². The molecule has 0 aliphatic heterocycles. The van der Waals surface area contributed by atoms with Crippen LogP contribution in [-0.4, -0.2) is 53.4 Å². The molecule has 37 heavy (non-hydrogen) atoms. The number of carbonyl (C=O) groups is 3. The number of thiol groups is 1. The normalized spacial score (nSPS) is 14.5. The fourth-order valence-electron chi connectivity index (χ4n) is 3.86. The first-order valence-corrected chi connectivity index (χ1v) is 12.6. The number of carbonyl (C=O) groups excluding carboxylic acids is 3. The number of nitrogens with zero attached hydrogens (tertiary/aromatic N) is 1. The lowest BCUT2D eigenvalue weighted by molar-refractivity contribution is -0.141. The molecule has 1 saturated carbocycles. The Kier molecular flexibility index (Phi) is 9.11. The van der Waals surface area contributed by atoms with E-state index in [1.807, 2.05) is 0 Å². The van der Waals surface area contributed by atoms with E-state index in [0.717, 1.165) is 12.8 Å². The molecule has 3 amide bonds. The molecule has 0 radical (unpaired) electrons. The molecule has 0 bridgehead atoms. The first-order chi connectivity index (χ1) is 17.6. The lowest BCUT2D eigenvalue weighted by Gasteiger charge is -2.34. The lowest BCUT2D eigenvalue weighted by atomic mass is 9.97. The number of hydrogen-bond donors (Lipinski definition) is 3. The van der Waals surface area contributed by atoms with Crippen LogP contribution in [0.3, 0.4) is 0 Å². The first-order valence-electron chi connectivity index (χ1n) is 12.0. The predicted octanol–water partition coefficient (Wildman–Crippen LogP) is 4.17. The van der Waals surface area contributed by atoms with Crippen LogP contribution in [0.4, 0.5) is 10.5 Å². The summed E-state index contributed by atoms with van der Waals surface area (Å²) in [5, 5.41) is 5.51. The summed E-state index contributed by atoms with van der Waals surface area (Å²) in [5.74, 6) is 2.42. The summed E-state index contributed by atoms with van der Waals surface area (Å²) in [4.78, 5) is 41.6. The second-order valence-corrected chi connectivity index (χ2v) is 10.1. The van der Waals surface area contributed by atoms with Crippen LogP contribution < -0.4 is 15.4 Å². The molecule has 0 spiro atoms. The smallest absolute Gasteiger partial charge is 0.408 e. The van der Waals surface area contributed by atoms with Gasteiger partial charge in [0.15, 0.2) is 0 Å². The first kappa shape index (κ1) is 27.9. The van der Waals surface area contributed by atoms with Crippen LogP contribution in [0, 0.1) is 12.3 Å². The summed E-state index contributed by atoms with van der Waals surface area (Å²) < 4.78 is 10.5. The van der Waals surface area contributed by atoms with Crippen molar-refractivity contribution >= 4 is 36.2 Å². The maximum Gasteiger partial charge on any atom is 0.408 e. The number of benzene rings is 2. The number of anilines is 1.